The third-order valence-electron chi connectivity index (χ3n) is 5.56. The largest absolute Gasteiger partial charge is 0.323 e. The summed E-state index contributed by atoms with van der Waals surface area (Å²) in [6.45, 7) is 1.97. The number of benzene rings is 1. The molecule has 31 heavy (non-hydrogen) atoms. The van der Waals surface area contributed by atoms with Crippen molar-refractivity contribution in [3.63, 3.8) is 0 Å². The van der Waals surface area contributed by atoms with E-state index in [0.29, 0.717) is 28.9 Å². The average molecular weight is 437 g/mol. The molecule has 0 atom stereocenters. The average Bonchev–Trinajstić information content (AvgIpc) is 3.45. The maximum Gasteiger partial charge on any atom is 0.238 e. The Morgan fingerprint density at radius 3 is 2.84 bits per heavy atom. The molecule has 0 spiro atoms. The molecule has 5 rings (SSSR count). The summed E-state index contributed by atoms with van der Waals surface area (Å²) < 4.78 is 3.65. The number of carbonyl (C=O) groups is 1. The van der Waals surface area contributed by atoms with Gasteiger partial charge in [-0.2, -0.15) is 5.10 Å². The smallest absolute Gasteiger partial charge is 0.238 e. The zero-order valence-electron chi connectivity index (χ0n) is 16.7. The Morgan fingerprint density at radius 1 is 1.16 bits per heavy atom. The Morgan fingerprint density at radius 2 is 2.03 bits per heavy atom. The van der Waals surface area contributed by atoms with Gasteiger partial charge in [0.15, 0.2) is 5.65 Å². The highest BCUT2D eigenvalue weighted by molar-refractivity contribution is 6.31. The summed E-state index contributed by atoms with van der Waals surface area (Å²) >= 11 is 6.14. The van der Waals surface area contributed by atoms with Gasteiger partial charge < -0.3 is 5.32 Å². The van der Waals surface area contributed by atoms with E-state index >= 15 is 0 Å². The second-order valence-corrected chi connectivity index (χ2v) is 8.02. The number of amides is 1. The number of anilines is 1. The molecule has 0 radical (unpaired) electrons. The zero-order valence-corrected chi connectivity index (χ0v) is 17.5. The van der Waals surface area contributed by atoms with Crippen LogP contribution in [0.3, 0.4) is 0 Å². The minimum atomic E-state index is -0.0880. The topological polar surface area (TPSA) is 93.2 Å². The molecule has 10 heteroatoms. The van der Waals surface area contributed by atoms with Gasteiger partial charge in [0.2, 0.25) is 5.91 Å². The van der Waals surface area contributed by atoms with Crippen molar-refractivity contribution in [3.05, 3.63) is 66.1 Å². The Labute approximate surface area is 183 Å². The van der Waals surface area contributed by atoms with Crippen molar-refractivity contribution < 1.29 is 4.79 Å². The second kappa shape index (κ2) is 8.44. The van der Waals surface area contributed by atoms with Gasteiger partial charge in [0, 0.05) is 17.1 Å². The highest BCUT2D eigenvalue weighted by Crippen LogP contribution is 2.27. The number of pyridine rings is 1. The molecule has 9 nitrogen and oxygen atoms in total. The number of nitrogens with one attached hydrogen (secondary N) is 1. The Kier molecular flexibility index (Phi) is 5.35. The van der Waals surface area contributed by atoms with Crippen LogP contribution in [-0.2, 0) is 4.79 Å². The van der Waals surface area contributed by atoms with E-state index in [1.165, 1.54) is 6.33 Å². The van der Waals surface area contributed by atoms with Crippen molar-refractivity contribution in [2.75, 3.05) is 25.0 Å². The molecule has 0 saturated carbocycles. The fraction of sp³-hybridized carbons (Fsp3) is 0.286. The number of aromatic nitrogens is 6. The van der Waals surface area contributed by atoms with Crippen molar-refractivity contribution in [2.24, 2.45) is 0 Å². The van der Waals surface area contributed by atoms with Crippen LogP contribution in [0.2, 0.25) is 5.02 Å². The van der Waals surface area contributed by atoms with Gasteiger partial charge in [-0.15, -0.1) is 10.2 Å². The fourth-order valence-electron chi connectivity index (χ4n) is 4.02. The van der Waals surface area contributed by atoms with Crippen LogP contribution in [0.5, 0.6) is 0 Å². The summed E-state index contributed by atoms with van der Waals surface area (Å²) in [7, 11) is 0. The lowest BCUT2D eigenvalue weighted by atomic mass is 9.96. The van der Waals surface area contributed by atoms with Crippen LogP contribution >= 0.6 is 11.6 Å². The second-order valence-electron chi connectivity index (χ2n) is 7.59. The summed E-state index contributed by atoms with van der Waals surface area (Å²) in [5.74, 6) is 1.25. The normalized spacial score (nSPS) is 15.4. The highest BCUT2D eigenvalue weighted by atomic mass is 35.5. The van der Waals surface area contributed by atoms with Crippen LogP contribution in [0.1, 0.15) is 24.6 Å². The summed E-state index contributed by atoms with van der Waals surface area (Å²) in [4.78, 5) is 18.9. The molecule has 1 fully saturated rings. The van der Waals surface area contributed by atoms with E-state index in [1.54, 1.807) is 29.2 Å². The number of hydrogen-bond donors (Lipinski definition) is 1. The summed E-state index contributed by atoms with van der Waals surface area (Å²) in [6.07, 6.45) is 6.90. The molecule has 4 aromatic rings. The van der Waals surface area contributed by atoms with Gasteiger partial charge in [-0.05, 0) is 56.3 Å². The molecule has 158 valence electrons. The van der Waals surface area contributed by atoms with Crippen molar-refractivity contribution in [2.45, 2.75) is 18.8 Å². The lowest BCUT2D eigenvalue weighted by molar-refractivity contribution is -0.117. The van der Waals surface area contributed by atoms with Crippen LogP contribution in [0.15, 0.2) is 55.2 Å². The van der Waals surface area contributed by atoms with E-state index < -0.39 is 0 Å². The molecule has 1 aromatic carbocycles. The predicted molar refractivity (Wildman–Crippen MR) is 116 cm³/mol. The molecule has 1 saturated heterocycles. The van der Waals surface area contributed by atoms with E-state index in [0.717, 1.165) is 37.4 Å². The van der Waals surface area contributed by atoms with E-state index in [9.17, 15) is 4.79 Å². The molecule has 1 amide bonds. The van der Waals surface area contributed by atoms with Gasteiger partial charge in [0.05, 0.1) is 17.9 Å². The van der Waals surface area contributed by atoms with Crippen LogP contribution in [0.25, 0.3) is 11.3 Å². The van der Waals surface area contributed by atoms with Crippen LogP contribution < -0.4 is 5.32 Å². The lowest BCUT2D eigenvalue weighted by Gasteiger charge is -2.30. The van der Waals surface area contributed by atoms with E-state index in [2.05, 4.69) is 34.9 Å². The third kappa shape index (κ3) is 4.14. The summed E-state index contributed by atoms with van der Waals surface area (Å²) in [6, 6.07) is 11.2. The SMILES string of the molecule is O=C(CN1CCC(c2nnc3ccccn23)CC1)Nc1cc(Cl)ccc1-n1cncn1. The molecule has 1 aliphatic heterocycles. The Balaban J connectivity index is 1.21. The molecule has 1 N–H and O–H groups in total. The van der Waals surface area contributed by atoms with Crippen LogP contribution in [-0.4, -0.2) is 59.8 Å². The van der Waals surface area contributed by atoms with Crippen LogP contribution in [0, 0.1) is 0 Å². The van der Waals surface area contributed by atoms with E-state index in [-0.39, 0.29) is 5.91 Å². The number of likely N-dealkylation sites (tertiary alicyclic amines) is 1. The first-order valence-corrected chi connectivity index (χ1v) is 10.5. The molecular weight excluding hydrogens is 416 g/mol. The monoisotopic (exact) mass is 436 g/mol. The van der Waals surface area contributed by atoms with Crippen molar-refractivity contribution in [1.29, 1.82) is 0 Å². The molecule has 1 aliphatic rings. The number of piperidine rings is 1. The highest BCUT2D eigenvalue weighted by Gasteiger charge is 2.25. The molecule has 0 bridgehead atoms. The molecule has 0 unspecified atom stereocenters. The minimum absolute atomic E-state index is 0.0880. The van der Waals surface area contributed by atoms with Gasteiger partial charge in [-0.3, -0.25) is 14.1 Å². The molecule has 3 aromatic heterocycles. The van der Waals surface area contributed by atoms with E-state index in [4.69, 9.17) is 11.6 Å². The van der Waals surface area contributed by atoms with Crippen molar-refractivity contribution >= 4 is 28.8 Å². The first kappa shape index (κ1) is 19.7. The fourth-order valence-corrected chi connectivity index (χ4v) is 4.19. The Bertz CT molecular complexity index is 1200. The quantitative estimate of drug-likeness (QED) is 0.517. The lowest BCUT2D eigenvalue weighted by Crippen LogP contribution is -2.39. The van der Waals surface area contributed by atoms with Crippen LogP contribution in [0.4, 0.5) is 5.69 Å². The van der Waals surface area contributed by atoms with E-state index in [1.807, 2.05) is 24.4 Å². The van der Waals surface area contributed by atoms with Gasteiger partial charge in [-0.1, -0.05) is 17.7 Å². The third-order valence-corrected chi connectivity index (χ3v) is 5.79. The van der Waals surface area contributed by atoms with Gasteiger partial charge in [0.1, 0.15) is 18.5 Å². The predicted octanol–water partition coefficient (Wildman–Crippen LogP) is 2.78. The van der Waals surface area contributed by atoms with Crippen molar-refractivity contribution in [1.82, 2.24) is 34.3 Å². The number of nitrogens with zero attached hydrogens (tertiary/aromatic N) is 7. The Hall–Kier alpha value is -3.30. The summed E-state index contributed by atoms with van der Waals surface area (Å²) in [5.41, 5.74) is 2.18. The molecular formula is C21H21ClN8O. The maximum absolute atomic E-state index is 12.7. The zero-order chi connectivity index (χ0) is 21.2. The van der Waals surface area contributed by atoms with Gasteiger partial charge >= 0.3 is 0 Å². The van der Waals surface area contributed by atoms with Crippen molar-refractivity contribution in [3.8, 4) is 5.69 Å². The molecule has 4 heterocycles. The maximum atomic E-state index is 12.7. The summed E-state index contributed by atoms with van der Waals surface area (Å²) in [5, 5.41) is 16.3. The first-order valence-electron chi connectivity index (χ1n) is 10.1. The minimum Gasteiger partial charge on any atom is -0.323 e. The number of halogens is 1. The van der Waals surface area contributed by atoms with Gasteiger partial charge in [0.25, 0.3) is 0 Å². The standard InChI is InChI=1S/C21H21ClN8O/c22-16-4-5-18(30-14-23-13-24-30)17(11-16)25-20(31)12-28-9-6-15(7-10-28)21-27-26-19-3-1-2-8-29(19)21/h1-5,8,11,13-15H,6-7,9-10,12H2,(H,25,31). The first-order chi connectivity index (χ1) is 15.2. The molecule has 0 aliphatic carbocycles. The number of carbonyl (C=O) groups excluding carboxylic acids is 1. The number of rotatable bonds is 5. The number of hydrogen-bond acceptors (Lipinski definition) is 6. The number of fused-ring (bicyclic) bond motifs is 1. The van der Waals surface area contributed by atoms with Gasteiger partial charge in [-0.25, -0.2) is 9.67 Å².